The highest BCUT2D eigenvalue weighted by molar-refractivity contribution is 5.94. The molecule has 2 amide bonds. The van der Waals surface area contributed by atoms with Crippen molar-refractivity contribution in [3.63, 3.8) is 0 Å². The predicted molar refractivity (Wildman–Crippen MR) is 82.1 cm³/mol. The molecule has 1 aliphatic rings. The van der Waals surface area contributed by atoms with Gasteiger partial charge in [-0.1, -0.05) is 12.1 Å². The summed E-state index contributed by atoms with van der Waals surface area (Å²) in [5.74, 6) is -0.264. The Balaban J connectivity index is 1.84. The van der Waals surface area contributed by atoms with Crippen molar-refractivity contribution in [2.24, 2.45) is 5.92 Å². The zero-order chi connectivity index (χ0) is 18.6. The first-order valence-corrected chi connectivity index (χ1v) is 7.79. The zero-order valence-electron chi connectivity index (χ0n) is 13.3. The maximum absolute atomic E-state index is 12.4. The molecule has 0 spiro atoms. The fourth-order valence-electron chi connectivity index (χ4n) is 2.67. The molecular weight excluding hydrogens is 341 g/mol. The van der Waals surface area contributed by atoms with E-state index in [0.29, 0.717) is 32.5 Å². The van der Waals surface area contributed by atoms with Gasteiger partial charge in [-0.3, -0.25) is 4.79 Å². The summed E-state index contributed by atoms with van der Waals surface area (Å²) in [7, 11) is 0. The molecule has 1 atom stereocenters. The Morgan fingerprint density at radius 1 is 1.20 bits per heavy atom. The molecule has 25 heavy (non-hydrogen) atoms. The summed E-state index contributed by atoms with van der Waals surface area (Å²) in [4.78, 5) is 24.2. The standard InChI is InChI=1S/C16H19F3N2O4/c17-16(18,19)13(22)11-1-3-12(4-2-11)14(23)20-9-10-5-7-21(8-6-10)15(24)25/h1-4,10,13,22H,5-9H2,(H,20,23)(H,24,25). The van der Waals surface area contributed by atoms with E-state index in [1.165, 1.54) is 17.0 Å². The molecule has 1 unspecified atom stereocenters. The van der Waals surface area contributed by atoms with E-state index in [1.807, 2.05) is 0 Å². The number of carboxylic acid groups (broad SMARTS) is 1. The van der Waals surface area contributed by atoms with Gasteiger partial charge in [0.05, 0.1) is 0 Å². The Hall–Kier alpha value is -2.29. The molecule has 3 N–H and O–H groups in total. The molecule has 0 aromatic heterocycles. The van der Waals surface area contributed by atoms with Gasteiger partial charge in [0, 0.05) is 25.2 Å². The number of likely N-dealkylation sites (tertiary alicyclic amines) is 1. The second-order valence-electron chi connectivity index (χ2n) is 5.99. The molecule has 1 aromatic carbocycles. The number of carbonyl (C=O) groups is 2. The average Bonchev–Trinajstić information content (AvgIpc) is 2.58. The molecule has 9 heteroatoms. The van der Waals surface area contributed by atoms with Gasteiger partial charge in [0.2, 0.25) is 0 Å². The van der Waals surface area contributed by atoms with Crippen molar-refractivity contribution in [2.75, 3.05) is 19.6 Å². The minimum absolute atomic E-state index is 0.158. The molecule has 138 valence electrons. The van der Waals surface area contributed by atoms with Crippen molar-refractivity contribution in [1.29, 1.82) is 0 Å². The number of rotatable bonds is 4. The molecular formula is C16H19F3N2O4. The van der Waals surface area contributed by atoms with Crippen LogP contribution in [0.5, 0.6) is 0 Å². The summed E-state index contributed by atoms with van der Waals surface area (Å²) < 4.78 is 37.3. The molecule has 0 aliphatic carbocycles. The lowest BCUT2D eigenvalue weighted by Gasteiger charge is -2.30. The van der Waals surface area contributed by atoms with Crippen LogP contribution >= 0.6 is 0 Å². The molecule has 1 heterocycles. The average molecular weight is 360 g/mol. The Bertz CT molecular complexity index is 611. The molecule has 1 aliphatic heterocycles. The number of piperidine rings is 1. The lowest BCUT2D eigenvalue weighted by atomic mass is 9.97. The highest BCUT2D eigenvalue weighted by Crippen LogP contribution is 2.32. The number of hydrogen-bond donors (Lipinski definition) is 3. The number of aliphatic hydroxyl groups is 1. The molecule has 1 saturated heterocycles. The minimum atomic E-state index is -4.76. The van der Waals surface area contributed by atoms with Crippen LogP contribution in [0.15, 0.2) is 24.3 Å². The van der Waals surface area contributed by atoms with E-state index in [9.17, 15) is 22.8 Å². The van der Waals surface area contributed by atoms with Crippen LogP contribution in [0.4, 0.5) is 18.0 Å². The van der Waals surface area contributed by atoms with Crippen molar-refractivity contribution in [3.8, 4) is 0 Å². The first-order chi connectivity index (χ1) is 11.7. The topological polar surface area (TPSA) is 89.9 Å². The summed E-state index contributed by atoms with van der Waals surface area (Å²) in [6.45, 7) is 1.21. The quantitative estimate of drug-likeness (QED) is 0.769. The van der Waals surface area contributed by atoms with E-state index in [0.717, 1.165) is 12.1 Å². The van der Waals surface area contributed by atoms with Crippen LogP contribution in [0.1, 0.15) is 34.9 Å². The van der Waals surface area contributed by atoms with Crippen LogP contribution in [-0.2, 0) is 0 Å². The van der Waals surface area contributed by atoms with Gasteiger partial charge in [-0.2, -0.15) is 13.2 Å². The van der Waals surface area contributed by atoms with Gasteiger partial charge in [0.1, 0.15) is 0 Å². The van der Waals surface area contributed by atoms with Crippen LogP contribution in [0.3, 0.4) is 0 Å². The predicted octanol–water partition coefficient (Wildman–Crippen LogP) is 2.40. The largest absolute Gasteiger partial charge is 0.465 e. The maximum atomic E-state index is 12.4. The number of amides is 2. The highest BCUT2D eigenvalue weighted by Gasteiger charge is 2.39. The van der Waals surface area contributed by atoms with Crippen molar-refractivity contribution in [3.05, 3.63) is 35.4 Å². The summed E-state index contributed by atoms with van der Waals surface area (Å²) >= 11 is 0. The fraction of sp³-hybridized carbons (Fsp3) is 0.500. The Kier molecular flexibility index (Phi) is 5.89. The van der Waals surface area contributed by atoms with E-state index < -0.39 is 24.3 Å². The molecule has 6 nitrogen and oxygen atoms in total. The second kappa shape index (κ2) is 7.73. The van der Waals surface area contributed by atoms with Crippen LogP contribution in [0.25, 0.3) is 0 Å². The Labute approximate surface area is 142 Å². The summed E-state index contributed by atoms with van der Waals surface area (Å²) in [6.07, 6.45) is -7.01. The number of carbonyl (C=O) groups excluding carboxylic acids is 1. The van der Waals surface area contributed by atoms with Crippen molar-refractivity contribution >= 4 is 12.0 Å². The Morgan fingerprint density at radius 3 is 2.24 bits per heavy atom. The fourth-order valence-corrected chi connectivity index (χ4v) is 2.67. The van der Waals surface area contributed by atoms with E-state index in [2.05, 4.69) is 5.32 Å². The zero-order valence-corrected chi connectivity index (χ0v) is 13.3. The van der Waals surface area contributed by atoms with E-state index in [4.69, 9.17) is 10.2 Å². The number of nitrogens with one attached hydrogen (secondary N) is 1. The number of benzene rings is 1. The van der Waals surface area contributed by atoms with Gasteiger partial charge in [-0.15, -0.1) is 0 Å². The maximum Gasteiger partial charge on any atom is 0.418 e. The van der Waals surface area contributed by atoms with Gasteiger partial charge in [-0.05, 0) is 36.5 Å². The summed E-state index contributed by atoms with van der Waals surface area (Å²) in [5, 5.41) is 20.7. The van der Waals surface area contributed by atoms with E-state index in [-0.39, 0.29) is 17.0 Å². The first kappa shape index (κ1) is 19.0. The summed E-state index contributed by atoms with van der Waals surface area (Å²) in [5.41, 5.74) is -0.133. The molecule has 1 aromatic rings. The monoisotopic (exact) mass is 360 g/mol. The van der Waals surface area contributed by atoms with Crippen LogP contribution in [0.2, 0.25) is 0 Å². The van der Waals surface area contributed by atoms with Crippen molar-refractivity contribution < 1.29 is 33.0 Å². The third kappa shape index (κ3) is 5.09. The van der Waals surface area contributed by atoms with Gasteiger partial charge in [0.15, 0.2) is 6.10 Å². The molecule has 0 radical (unpaired) electrons. The van der Waals surface area contributed by atoms with Gasteiger partial charge < -0.3 is 20.4 Å². The highest BCUT2D eigenvalue weighted by atomic mass is 19.4. The number of aliphatic hydroxyl groups excluding tert-OH is 1. The lowest BCUT2D eigenvalue weighted by Crippen LogP contribution is -2.40. The van der Waals surface area contributed by atoms with Crippen LogP contribution in [0, 0.1) is 5.92 Å². The van der Waals surface area contributed by atoms with E-state index in [1.54, 1.807) is 0 Å². The van der Waals surface area contributed by atoms with Gasteiger partial charge >= 0.3 is 12.3 Å². The molecule has 0 saturated carbocycles. The molecule has 2 rings (SSSR count). The third-order valence-electron chi connectivity index (χ3n) is 4.24. The van der Waals surface area contributed by atoms with Crippen molar-refractivity contribution in [2.45, 2.75) is 25.1 Å². The second-order valence-corrected chi connectivity index (χ2v) is 5.99. The first-order valence-electron chi connectivity index (χ1n) is 7.79. The number of nitrogens with zero attached hydrogens (tertiary/aromatic N) is 1. The minimum Gasteiger partial charge on any atom is -0.465 e. The van der Waals surface area contributed by atoms with Crippen LogP contribution < -0.4 is 5.32 Å². The molecule has 1 fully saturated rings. The summed E-state index contributed by atoms with van der Waals surface area (Å²) in [6, 6.07) is 4.59. The van der Waals surface area contributed by atoms with Crippen LogP contribution in [-0.4, -0.2) is 52.9 Å². The lowest BCUT2D eigenvalue weighted by molar-refractivity contribution is -0.206. The Morgan fingerprint density at radius 2 is 1.76 bits per heavy atom. The van der Waals surface area contributed by atoms with Gasteiger partial charge in [0.25, 0.3) is 5.91 Å². The molecule has 0 bridgehead atoms. The van der Waals surface area contributed by atoms with Gasteiger partial charge in [-0.25, -0.2) is 4.79 Å². The smallest absolute Gasteiger partial charge is 0.418 e. The number of hydrogen-bond acceptors (Lipinski definition) is 3. The number of halogens is 3. The van der Waals surface area contributed by atoms with Crippen molar-refractivity contribution in [1.82, 2.24) is 10.2 Å². The third-order valence-corrected chi connectivity index (χ3v) is 4.24. The normalized spacial score (nSPS) is 17.2. The van der Waals surface area contributed by atoms with E-state index >= 15 is 0 Å². The number of alkyl halides is 3. The SMILES string of the molecule is O=C(NCC1CCN(C(=O)O)CC1)c1ccc(C(O)C(F)(F)F)cc1.